The fraction of sp³-hybridized carbons (Fsp3) is 0.231. The van der Waals surface area contributed by atoms with Gasteiger partial charge in [-0.1, -0.05) is 11.6 Å². The number of hydrogen-bond donors (Lipinski definition) is 2. The van der Waals surface area contributed by atoms with Gasteiger partial charge in [0.15, 0.2) is 0 Å². The molecule has 114 valence electrons. The number of halogens is 2. The number of rotatable bonds is 4. The number of nitrogens with two attached hydrogens (primary N) is 1. The smallest absolute Gasteiger partial charge is 0.242 e. The monoisotopic (exact) mass is 408 g/mol. The first-order chi connectivity index (χ1) is 9.70. The fourth-order valence-corrected chi connectivity index (χ4v) is 5.14. The Bertz CT molecular complexity index is 768. The van der Waals surface area contributed by atoms with Crippen LogP contribution in [0.25, 0.3) is 0 Å². The molecule has 0 bridgehead atoms. The summed E-state index contributed by atoms with van der Waals surface area (Å²) in [5.74, 6) is 0. The number of aryl methyl sites for hydroxylation is 2. The third-order valence-electron chi connectivity index (χ3n) is 2.98. The first-order valence-electron chi connectivity index (χ1n) is 6.01. The second-order valence-electron chi connectivity index (χ2n) is 4.58. The van der Waals surface area contributed by atoms with Crippen molar-refractivity contribution in [3.63, 3.8) is 0 Å². The van der Waals surface area contributed by atoms with Crippen LogP contribution in [0, 0.1) is 13.8 Å². The second kappa shape index (κ2) is 6.26. The van der Waals surface area contributed by atoms with E-state index >= 15 is 0 Å². The number of benzene rings is 1. The SMILES string of the molecule is Cc1cc(CNS(=O)(=O)c2cc(Cl)cc(N)c2Br)sc1C. The van der Waals surface area contributed by atoms with E-state index in [1.165, 1.54) is 17.0 Å². The van der Waals surface area contributed by atoms with Crippen LogP contribution in [0.2, 0.25) is 5.02 Å². The largest absolute Gasteiger partial charge is 0.398 e. The maximum absolute atomic E-state index is 12.4. The van der Waals surface area contributed by atoms with Crippen LogP contribution in [0.1, 0.15) is 15.3 Å². The van der Waals surface area contributed by atoms with Crippen molar-refractivity contribution in [3.8, 4) is 0 Å². The molecule has 0 aliphatic carbocycles. The molecule has 1 heterocycles. The summed E-state index contributed by atoms with van der Waals surface area (Å²) in [6.45, 7) is 4.24. The normalized spacial score (nSPS) is 11.8. The molecule has 0 saturated heterocycles. The van der Waals surface area contributed by atoms with Gasteiger partial charge in [-0.25, -0.2) is 13.1 Å². The lowest BCUT2D eigenvalue weighted by Crippen LogP contribution is -2.23. The minimum Gasteiger partial charge on any atom is -0.398 e. The summed E-state index contributed by atoms with van der Waals surface area (Å²) >= 11 is 10.6. The lowest BCUT2D eigenvalue weighted by molar-refractivity contribution is 0.581. The van der Waals surface area contributed by atoms with Crippen molar-refractivity contribution in [1.82, 2.24) is 4.72 Å². The fourth-order valence-electron chi connectivity index (χ4n) is 1.76. The van der Waals surface area contributed by atoms with Crippen LogP contribution in [0.5, 0.6) is 0 Å². The van der Waals surface area contributed by atoms with Crippen molar-refractivity contribution >= 4 is 54.6 Å². The summed E-state index contributed by atoms with van der Waals surface area (Å²) in [4.78, 5) is 2.18. The maximum atomic E-state index is 12.4. The van der Waals surface area contributed by atoms with E-state index in [0.717, 1.165) is 10.4 Å². The Morgan fingerprint density at radius 2 is 2.00 bits per heavy atom. The highest BCUT2D eigenvalue weighted by molar-refractivity contribution is 9.10. The van der Waals surface area contributed by atoms with Crippen LogP contribution in [-0.2, 0) is 16.6 Å². The quantitative estimate of drug-likeness (QED) is 0.754. The Kier molecular flexibility index (Phi) is 4.99. The summed E-state index contributed by atoms with van der Waals surface area (Å²) in [5.41, 5.74) is 7.17. The number of nitrogens with one attached hydrogen (secondary N) is 1. The minimum absolute atomic E-state index is 0.0394. The van der Waals surface area contributed by atoms with Gasteiger partial charge in [0.05, 0.1) is 9.37 Å². The molecule has 4 nitrogen and oxygen atoms in total. The molecule has 2 rings (SSSR count). The van der Waals surface area contributed by atoms with E-state index in [1.807, 2.05) is 19.9 Å². The van der Waals surface area contributed by atoms with E-state index in [2.05, 4.69) is 20.7 Å². The van der Waals surface area contributed by atoms with Gasteiger partial charge in [0.1, 0.15) is 0 Å². The van der Waals surface area contributed by atoms with Crippen molar-refractivity contribution in [2.24, 2.45) is 0 Å². The molecule has 1 aromatic carbocycles. The lowest BCUT2D eigenvalue weighted by atomic mass is 10.3. The first kappa shape index (κ1) is 16.8. The average molecular weight is 410 g/mol. The van der Waals surface area contributed by atoms with Gasteiger partial charge in [-0.05, 0) is 53.5 Å². The van der Waals surface area contributed by atoms with E-state index in [-0.39, 0.29) is 22.2 Å². The summed E-state index contributed by atoms with van der Waals surface area (Å²) in [6, 6.07) is 4.84. The molecule has 0 fully saturated rings. The highest BCUT2D eigenvalue weighted by atomic mass is 79.9. The van der Waals surface area contributed by atoms with Gasteiger partial charge in [-0.3, -0.25) is 0 Å². The third-order valence-corrected chi connectivity index (χ3v) is 6.92. The van der Waals surface area contributed by atoms with E-state index < -0.39 is 10.0 Å². The zero-order valence-electron chi connectivity index (χ0n) is 11.4. The number of nitrogen functional groups attached to an aromatic ring is 1. The van der Waals surface area contributed by atoms with E-state index in [0.29, 0.717) is 4.47 Å². The molecule has 0 aliphatic rings. The van der Waals surface area contributed by atoms with Gasteiger partial charge >= 0.3 is 0 Å². The van der Waals surface area contributed by atoms with Crippen molar-refractivity contribution in [1.29, 1.82) is 0 Å². The van der Waals surface area contributed by atoms with Gasteiger partial charge in [-0.15, -0.1) is 11.3 Å². The van der Waals surface area contributed by atoms with Crippen LogP contribution in [0.4, 0.5) is 5.69 Å². The number of hydrogen-bond acceptors (Lipinski definition) is 4. The van der Waals surface area contributed by atoms with E-state index in [1.54, 1.807) is 11.3 Å². The zero-order valence-corrected chi connectivity index (χ0v) is 15.4. The molecule has 2 aromatic rings. The van der Waals surface area contributed by atoms with Crippen LogP contribution < -0.4 is 10.5 Å². The number of anilines is 1. The van der Waals surface area contributed by atoms with Gasteiger partial charge in [0.25, 0.3) is 0 Å². The Morgan fingerprint density at radius 3 is 2.57 bits per heavy atom. The molecule has 0 saturated carbocycles. The second-order valence-corrected chi connectivity index (χ2v) is 8.89. The minimum atomic E-state index is -3.69. The molecular weight excluding hydrogens is 396 g/mol. The van der Waals surface area contributed by atoms with Gasteiger partial charge in [0.2, 0.25) is 10.0 Å². The highest BCUT2D eigenvalue weighted by Crippen LogP contribution is 2.31. The molecule has 0 aliphatic heterocycles. The summed E-state index contributed by atoms with van der Waals surface area (Å²) < 4.78 is 27.6. The van der Waals surface area contributed by atoms with Crippen LogP contribution in [-0.4, -0.2) is 8.42 Å². The molecule has 0 unspecified atom stereocenters. The topological polar surface area (TPSA) is 72.2 Å². The predicted octanol–water partition coefficient (Wildman–Crippen LogP) is 3.84. The molecule has 1 aromatic heterocycles. The highest BCUT2D eigenvalue weighted by Gasteiger charge is 2.20. The molecule has 0 spiro atoms. The molecule has 0 radical (unpaired) electrons. The van der Waals surface area contributed by atoms with Crippen LogP contribution in [0.3, 0.4) is 0 Å². The molecule has 21 heavy (non-hydrogen) atoms. The van der Waals surface area contributed by atoms with Gasteiger partial charge < -0.3 is 5.73 Å². The van der Waals surface area contributed by atoms with E-state index in [9.17, 15) is 8.42 Å². The molecular formula is C13H14BrClN2O2S2. The zero-order chi connectivity index (χ0) is 15.8. The lowest BCUT2D eigenvalue weighted by Gasteiger charge is -2.10. The van der Waals surface area contributed by atoms with Crippen molar-refractivity contribution < 1.29 is 8.42 Å². The summed E-state index contributed by atoms with van der Waals surface area (Å²) in [6.07, 6.45) is 0. The third kappa shape index (κ3) is 3.78. The number of sulfonamides is 1. The first-order valence-corrected chi connectivity index (χ1v) is 9.48. The average Bonchev–Trinajstić information content (AvgIpc) is 2.71. The Balaban J connectivity index is 2.27. The van der Waals surface area contributed by atoms with Crippen molar-refractivity contribution in [2.45, 2.75) is 25.3 Å². The standard InChI is InChI=1S/C13H14BrClN2O2S2/c1-7-3-10(20-8(7)2)6-17-21(18,19)12-5-9(15)4-11(16)13(12)14/h3-5,17H,6,16H2,1-2H3. The Labute approximate surface area is 141 Å². The molecule has 0 atom stereocenters. The molecule has 3 N–H and O–H groups in total. The Morgan fingerprint density at radius 1 is 1.33 bits per heavy atom. The number of thiophene rings is 1. The summed E-state index contributed by atoms with van der Waals surface area (Å²) in [5, 5.41) is 0.277. The van der Waals surface area contributed by atoms with Gasteiger partial charge in [-0.2, -0.15) is 0 Å². The molecule has 0 amide bonds. The summed E-state index contributed by atoms with van der Waals surface area (Å²) in [7, 11) is -3.69. The molecule has 8 heteroatoms. The maximum Gasteiger partial charge on any atom is 0.242 e. The van der Waals surface area contributed by atoms with Gasteiger partial charge in [0, 0.05) is 27.0 Å². The van der Waals surface area contributed by atoms with Crippen LogP contribution >= 0.6 is 38.9 Å². The van der Waals surface area contributed by atoms with Crippen LogP contribution in [0.15, 0.2) is 27.6 Å². The van der Waals surface area contributed by atoms with Crippen molar-refractivity contribution in [3.05, 3.63) is 43.0 Å². The van der Waals surface area contributed by atoms with E-state index in [4.69, 9.17) is 17.3 Å². The Hall–Kier alpha value is -0.600. The predicted molar refractivity (Wildman–Crippen MR) is 91.4 cm³/mol. The van der Waals surface area contributed by atoms with Crippen molar-refractivity contribution in [2.75, 3.05) is 5.73 Å².